The molecule has 0 radical (unpaired) electrons. The Balaban J connectivity index is 1.64. The van der Waals surface area contributed by atoms with Crippen molar-refractivity contribution in [1.82, 2.24) is 14.5 Å². The first-order valence-electron chi connectivity index (χ1n) is 10.3. The van der Waals surface area contributed by atoms with E-state index in [1.54, 1.807) is 12.1 Å². The van der Waals surface area contributed by atoms with Crippen molar-refractivity contribution >= 4 is 27.5 Å². The average Bonchev–Trinajstić information content (AvgIpc) is 2.73. The van der Waals surface area contributed by atoms with Gasteiger partial charge in [-0.25, -0.2) is 8.42 Å². The minimum atomic E-state index is -3.77. The highest BCUT2D eigenvalue weighted by atomic mass is 35.5. The predicted molar refractivity (Wildman–Crippen MR) is 112 cm³/mol. The molecule has 9 heteroatoms. The number of hydrogen-bond acceptors (Lipinski definition) is 5. The maximum Gasteiger partial charge on any atom is 0.243 e. The van der Waals surface area contributed by atoms with Gasteiger partial charge >= 0.3 is 0 Å². The van der Waals surface area contributed by atoms with Crippen molar-refractivity contribution in [1.29, 1.82) is 0 Å². The Labute approximate surface area is 178 Å². The van der Waals surface area contributed by atoms with Crippen LogP contribution in [0.25, 0.3) is 0 Å². The number of carbonyl (C=O) groups excluding carboxylic acids is 1. The number of nitrogens with one attached hydrogen (secondary N) is 1. The van der Waals surface area contributed by atoms with Gasteiger partial charge < -0.3 is 10.1 Å². The quantitative estimate of drug-likeness (QED) is 0.665. The molecular weight excluding hydrogens is 414 g/mol. The van der Waals surface area contributed by atoms with Crippen molar-refractivity contribution in [3.63, 3.8) is 0 Å². The molecule has 0 bridgehead atoms. The summed E-state index contributed by atoms with van der Waals surface area (Å²) in [4.78, 5) is 15.0. The van der Waals surface area contributed by atoms with E-state index >= 15 is 0 Å². The molecule has 162 valence electrons. The van der Waals surface area contributed by atoms with Gasteiger partial charge in [-0.05, 0) is 37.1 Å². The van der Waals surface area contributed by atoms with Crippen LogP contribution >= 0.6 is 11.6 Å². The van der Waals surface area contributed by atoms with Crippen LogP contribution in [0.5, 0.6) is 0 Å². The van der Waals surface area contributed by atoms with Gasteiger partial charge in [0.05, 0.1) is 24.7 Å². The average molecular weight is 444 g/mol. The molecule has 0 atom stereocenters. The molecule has 1 aliphatic carbocycles. The van der Waals surface area contributed by atoms with Crippen molar-refractivity contribution in [2.45, 2.75) is 43.0 Å². The zero-order chi connectivity index (χ0) is 20.7. The largest absolute Gasteiger partial charge is 0.379 e. The van der Waals surface area contributed by atoms with Crippen LogP contribution in [-0.4, -0.2) is 75.5 Å². The molecule has 1 amide bonds. The maximum absolute atomic E-state index is 13.3. The molecule has 0 aromatic heterocycles. The van der Waals surface area contributed by atoms with Gasteiger partial charge in [0.2, 0.25) is 15.9 Å². The number of benzene rings is 1. The van der Waals surface area contributed by atoms with Crippen LogP contribution < -0.4 is 5.32 Å². The van der Waals surface area contributed by atoms with Crippen LogP contribution in [0.4, 0.5) is 0 Å². The van der Waals surface area contributed by atoms with Crippen molar-refractivity contribution in [3.05, 3.63) is 29.3 Å². The third-order valence-corrected chi connectivity index (χ3v) is 7.72. The van der Waals surface area contributed by atoms with Crippen LogP contribution in [0.3, 0.4) is 0 Å². The highest BCUT2D eigenvalue weighted by molar-refractivity contribution is 7.89. The minimum absolute atomic E-state index is 0.144. The number of halogens is 1. The highest BCUT2D eigenvalue weighted by Crippen LogP contribution is 2.28. The number of sulfonamides is 1. The third kappa shape index (κ3) is 6.39. The zero-order valence-electron chi connectivity index (χ0n) is 16.7. The molecule has 2 aliphatic rings. The fourth-order valence-electron chi connectivity index (χ4n) is 3.90. The molecule has 0 unspecified atom stereocenters. The number of rotatable bonds is 8. The molecule has 1 aromatic carbocycles. The lowest BCUT2D eigenvalue weighted by Crippen LogP contribution is -2.48. The monoisotopic (exact) mass is 443 g/mol. The number of nitrogens with zero attached hydrogens (tertiary/aromatic N) is 2. The molecule has 1 saturated heterocycles. The number of amides is 1. The molecule has 29 heavy (non-hydrogen) atoms. The Bertz CT molecular complexity index is 760. The van der Waals surface area contributed by atoms with Crippen molar-refractivity contribution in [2.75, 3.05) is 45.9 Å². The molecule has 3 rings (SSSR count). The zero-order valence-corrected chi connectivity index (χ0v) is 18.3. The number of hydrogen-bond donors (Lipinski definition) is 1. The van der Waals surface area contributed by atoms with Gasteiger partial charge in [-0.15, -0.1) is 0 Å². The molecule has 1 aromatic rings. The van der Waals surface area contributed by atoms with E-state index in [2.05, 4.69) is 10.2 Å². The second-order valence-corrected chi connectivity index (χ2v) is 9.93. The molecule has 7 nitrogen and oxygen atoms in total. The van der Waals surface area contributed by atoms with E-state index in [4.69, 9.17) is 16.3 Å². The Morgan fingerprint density at radius 1 is 1.14 bits per heavy atom. The van der Waals surface area contributed by atoms with E-state index in [9.17, 15) is 13.2 Å². The molecule has 0 spiro atoms. The third-order valence-electron chi connectivity index (χ3n) is 5.56. The summed E-state index contributed by atoms with van der Waals surface area (Å²) in [5, 5.41) is 3.36. The Morgan fingerprint density at radius 3 is 2.45 bits per heavy atom. The summed E-state index contributed by atoms with van der Waals surface area (Å²) in [6.45, 7) is 4.22. The van der Waals surface area contributed by atoms with Gasteiger partial charge in [0.1, 0.15) is 0 Å². The Kier molecular flexibility index (Phi) is 8.32. The molecular formula is C20H30ClN3O4S. The number of carbonyl (C=O) groups is 1. The lowest BCUT2D eigenvalue weighted by Gasteiger charge is -2.33. The number of morpholine rings is 1. The summed E-state index contributed by atoms with van der Waals surface area (Å²) in [7, 11) is -3.77. The van der Waals surface area contributed by atoms with Crippen LogP contribution in [0.2, 0.25) is 5.02 Å². The normalized spacial score (nSPS) is 19.4. The van der Waals surface area contributed by atoms with Crippen molar-refractivity contribution in [3.8, 4) is 0 Å². The lowest BCUT2D eigenvalue weighted by atomic mass is 9.95. The smallest absolute Gasteiger partial charge is 0.243 e. The topological polar surface area (TPSA) is 79.0 Å². The SMILES string of the molecule is O=C(CN(C1CCCCC1)S(=O)(=O)c1ccc(Cl)cc1)NCCN1CCOCC1. The van der Waals surface area contributed by atoms with E-state index in [0.29, 0.717) is 24.8 Å². The van der Waals surface area contributed by atoms with E-state index in [1.807, 2.05) is 0 Å². The molecule has 1 heterocycles. The van der Waals surface area contributed by atoms with E-state index in [1.165, 1.54) is 16.4 Å². The fraction of sp³-hybridized carbons (Fsp3) is 0.650. The fourth-order valence-corrected chi connectivity index (χ4v) is 5.66. The van der Waals surface area contributed by atoms with Crippen LogP contribution in [0, 0.1) is 0 Å². The summed E-state index contributed by atoms with van der Waals surface area (Å²) in [5.41, 5.74) is 0. The first kappa shape index (κ1) is 22.5. The predicted octanol–water partition coefficient (Wildman–Crippen LogP) is 2.11. The standard InChI is InChI=1S/C20H30ClN3O4S/c21-17-6-8-19(9-7-17)29(26,27)24(18-4-2-1-3-5-18)16-20(25)22-10-11-23-12-14-28-15-13-23/h6-9,18H,1-5,10-16H2,(H,22,25). The lowest BCUT2D eigenvalue weighted by molar-refractivity contribution is -0.121. The summed E-state index contributed by atoms with van der Waals surface area (Å²) in [6.07, 6.45) is 4.64. The van der Waals surface area contributed by atoms with Crippen LogP contribution in [-0.2, 0) is 19.6 Å². The van der Waals surface area contributed by atoms with Crippen LogP contribution in [0.1, 0.15) is 32.1 Å². The Hall–Kier alpha value is -1.19. The number of ether oxygens (including phenoxy) is 1. The summed E-state index contributed by atoms with van der Waals surface area (Å²) in [6, 6.07) is 5.99. The second-order valence-electron chi connectivity index (χ2n) is 7.60. The summed E-state index contributed by atoms with van der Waals surface area (Å²) in [5.74, 6) is -0.263. The van der Waals surface area contributed by atoms with E-state index in [-0.39, 0.29) is 23.4 Å². The van der Waals surface area contributed by atoms with Gasteiger partial charge in [0.15, 0.2) is 0 Å². The van der Waals surface area contributed by atoms with Gasteiger partial charge in [-0.1, -0.05) is 30.9 Å². The Morgan fingerprint density at radius 2 is 1.79 bits per heavy atom. The molecule has 1 aliphatic heterocycles. The van der Waals surface area contributed by atoms with Gasteiger partial charge in [-0.2, -0.15) is 4.31 Å². The maximum atomic E-state index is 13.3. The van der Waals surface area contributed by atoms with Crippen molar-refractivity contribution < 1.29 is 17.9 Å². The molecule has 1 N–H and O–H groups in total. The van der Waals surface area contributed by atoms with E-state index < -0.39 is 10.0 Å². The van der Waals surface area contributed by atoms with Gasteiger partial charge in [0, 0.05) is 37.2 Å². The first-order chi connectivity index (χ1) is 14.0. The minimum Gasteiger partial charge on any atom is -0.379 e. The van der Waals surface area contributed by atoms with Gasteiger partial charge in [-0.3, -0.25) is 9.69 Å². The van der Waals surface area contributed by atoms with E-state index in [0.717, 1.165) is 51.7 Å². The van der Waals surface area contributed by atoms with Crippen LogP contribution in [0.15, 0.2) is 29.2 Å². The van der Waals surface area contributed by atoms with Crippen molar-refractivity contribution in [2.24, 2.45) is 0 Å². The molecule has 1 saturated carbocycles. The molecule has 2 fully saturated rings. The highest BCUT2D eigenvalue weighted by Gasteiger charge is 2.33. The second kappa shape index (κ2) is 10.7. The summed E-state index contributed by atoms with van der Waals surface area (Å²) >= 11 is 5.91. The van der Waals surface area contributed by atoms with Gasteiger partial charge in [0.25, 0.3) is 0 Å². The first-order valence-corrected chi connectivity index (χ1v) is 12.1. The summed E-state index contributed by atoms with van der Waals surface area (Å²) < 4.78 is 33.3.